The van der Waals surface area contributed by atoms with Gasteiger partial charge in [0.1, 0.15) is 0 Å². The molecule has 1 atom stereocenters. The van der Waals surface area contributed by atoms with Gasteiger partial charge >= 0.3 is 5.69 Å². The SMILES string of the molecule is CCOc1ccc(CC(C)Br)cc1[N+](=O)[O-]. The molecule has 0 amide bonds. The first-order chi connectivity index (χ1) is 7.54. The Kier molecular flexibility index (Phi) is 4.73. The summed E-state index contributed by atoms with van der Waals surface area (Å²) in [5.41, 5.74) is 0.965. The second-order valence-electron chi connectivity index (χ2n) is 3.48. The number of benzene rings is 1. The van der Waals surface area contributed by atoms with E-state index in [1.54, 1.807) is 19.1 Å². The van der Waals surface area contributed by atoms with Gasteiger partial charge in [-0.25, -0.2) is 0 Å². The molecule has 0 saturated carbocycles. The summed E-state index contributed by atoms with van der Waals surface area (Å²) in [6.45, 7) is 4.23. The molecule has 0 aliphatic carbocycles. The minimum atomic E-state index is -0.409. The molecule has 1 aromatic carbocycles. The van der Waals surface area contributed by atoms with E-state index in [1.165, 1.54) is 0 Å². The molecule has 0 heterocycles. The molecule has 0 saturated heterocycles. The Morgan fingerprint density at radius 2 is 2.25 bits per heavy atom. The third-order valence-electron chi connectivity index (χ3n) is 2.04. The second-order valence-corrected chi connectivity index (χ2v) is 5.04. The molecule has 0 aromatic heterocycles. The molecule has 0 spiro atoms. The van der Waals surface area contributed by atoms with Gasteiger partial charge in [0.05, 0.1) is 11.5 Å². The van der Waals surface area contributed by atoms with Crippen molar-refractivity contribution in [3.8, 4) is 5.75 Å². The van der Waals surface area contributed by atoms with E-state index < -0.39 is 4.92 Å². The fraction of sp³-hybridized carbons (Fsp3) is 0.455. The van der Waals surface area contributed by atoms with Crippen LogP contribution in [0.4, 0.5) is 5.69 Å². The van der Waals surface area contributed by atoms with Crippen LogP contribution in [0.2, 0.25) is 0 Å². The molecule has 4 nitrogen and oxygen atoms in total. The maximum Gasteiger partial charge on any atom is 0.311 e. The van der Waals surface area contributed by atoms with Crippen molar-refractivity contribution >= 4 is 21.6 Å². The molecule has 1 rings (SSSR count). The highest BCUT2D eigenvalue weighted by molar-refractivity contribution is 9.09. The topological polar surface area (TPSA) is 52.4 Å². The molecule has 5 heteroatoms. The van der Waals surface area contributed by atoms with Crippen LogP contribution in [0, 0.1) is 10.1 Å². The Hall–Kier alpha value is -1.10. The molecule has 0 bridgehead atoms. The van der Waals surface area contributed by atoms with Gasteiger partial charge in [-0.15, -0.1) is 0 Å². The lowest BCUT2D eigenvalue weighted by Gasteiger charge is -2.07. The molecule has 0 aliphatic rings. The molecular weight excluding hydrogens is 274 g/mol. The Labute approximate surface area is 103 Å². The highest BCUT2D eigenvalue weighted by atomic mass is 79.9. The monoisotopic (exact) mass is 287 g/mol. The molecule has 0 radical (unpaired) electrons. The summed E-state index contributed by atoms with van der Waals surface area (Å²) in [4.78, 5) is 10.7. The molecule has 0 N–H and O–H groups in total. The quantitative estimate of drug-likeness (QED) is 0.474. The predicted octanol–water partition coefficient (Wildman–Crippen LogP) is 3.32. The number of nitro groups is 1. The van der Waals surface area contributed by atoms with E-state index in [-0.39, 0.29) is 5.69 Å². The number of hydrogen-bond donors (Lipinski definition) is 0. The van der Waals surface area contributed by atoms with E-state index in [0.717, 1.165) is 12.0 Å². The minimum Gasteiger partial charge on any atom is -0.487 e. The Bertz CT molecular complexity index is 379. The number of rotatable bonds is 5. The third-order valence-corrected chi connectivity index (χ3v) is 2.36. The van der Waals surface area contributed by atoms with Gasteiger partial charge in [-0.05, 0) is 25.0 Å². The molecule has 1 aromatic rings. The molecule has 16 heavy (non-hydrogen) atoms. The van der Waals surface area contributed by atoms with Crippen LogP contribution in [0.25, 0.3) is 0 Å². The highest BCUT2D eigenvalue weighted by Crippen LogP contribution is 2.28. The zero-order valence-electron chi connectivity index (χ0n) is 9.27. The lowest BCUT2D eigenvalue weighted by Crippen LogP contribution is -2.01. The molecule has 0 aliphatic heterocycles. The van der Waals surface area contributed by atoms with E-state index in [0.29, 0.717) is 17.2 Å². The maximum atomic E-state index is 10.8. The van der Waals surface area contributed by atoms with Crippen LogP contribution in [0.1, 0.15) is 19.4 Å². The fourth-order valence-electron chi connectivity index (χ4n) is 1.43. The molecule has 88 valence electrons. The van der Waals surface area contributed by atoms with Gasteiger partial charge in [-0.3, -0.25) is 10.1 Å². The van der Waals surface area contributed by atoms with Crippen molar-refractivity contribution in [1.82, 2.24) is 0 Å². The molecule has 0 fully saturated rings. The first-order valence-corrected chi connectivity index (χ1v) is 6.00. The zero-order valence-corrected chi connectivity index (χ0v) is 10.9. The molecular formula is C11H14BrNO3. The number of hydrogen-bond acceptors (Lipinski definition) is 3. The number of alkyl halides is 1. The number of nitro benzene ring substituents is 1. The Morgan fingerprint density at radius 1 is 1.56 bits per heavy atom. The van der Waals surface area contributed by atoms with Crippen LogP contribution in [0.5, 0.6) is 5.75 Å². The average Bonchev–Trinajstić information content (AvgIpc) is 2.19. The fourth-order valence-corrected chi connectivity index (χ4v) is 1.81. The van der Waals surface area contributed by atoms with Crippen molar-refractivity contribution in [2.45, 2.75) is 25.1 Å². The van der Waals surface area contributed by atoms with Crippen LogP contribution in [-0.4, -0.2) is 16.4 Å². The normalized spacial score (nSPS) is 12.2. The predicted molar refractivity (Wildman–Crippen MR) is 66.4 cm³/mol. The summed E-state index contributed by atoms with van der Waals surface area (Å²) in [5, 5.41) is 10.8. The van der Waals surface area contributed by atoms with Gasteiger partial charge in [-0.1, -0.05) is 28.9 Å². The van der Waals surface area contributed by atoms with Crippen molar-refractivity contribution < 1.29 is 9.66 Å². The largest absolute Gasteiger partial charge is 0.487 e. The summed E-state index contributed by atoms with van der Waals surface area (Å²) in [6, 6.07) is 5.09. The Morgan fingerprint density at radius 3 is 2.75 bits per heavy atom. The van der Waals surface area contributed by atoms with E-state index in [2.05, 4.69) is 15.9 Å². The van der Waals surface area contributed by atoms with Crippen LogP contribution in [0.15, 0.2) is 18.2 Å². The summed E-state index contributed by atoms with van der Waals surface area (Å²) in [5.74, 6) is 0.332. The molecule has 1 unspecified atom stereocenters. The lowest BCUT2D eigenvalue weighted by molar-refractivity contribution is -0.385. The number of ether oxygens (including phenoxy) is 1. The van der Waals surface area contributed by atoms with Crippen molar-refractivity contribution in [1.29, 1.82) is 0 Å². The minimum absolute atomic E-state index is 0.0347. The van der Waals surface area contributed by atoms with E-state index >= 15 is 0 Å². The maximum absolute atomic E-state index is 10.8. The van der Waals surface area contributed by atoms with Gasteiger partial charge in [0, 0.05) is 10.9 Å². The number of halogens is 1. The summed E-state index contributed by atoms with van der Waals surface area (Å²) >= 11 is 3.42. The highest BCUT2D eigenvalue weighted by Gasteiger charge is 2.15. The smallest absolute Gasteiger partial charge is 0.311 e. The van der Waals surface area contributed by atoms with Crippen molar-refractivity contribution in [3.05, 3.63) is 33.9 Å². The van der Waals surface area contributed by atoms with Gasteiger partial charge in [0.15, 0.2) is 5.75 Å². The standard InChI is InChI=1S/C11H14BrNO3/c1-3-16-11-5-4-9(6-8(2)12)7-10(11)13(14)15/h4-5,7-8H,3,6H2,1-2H3. The number of nitrogens with zero attached hydrogens (tertiary/aromatic N) is 1. The van der Waals surface area contributed by atoms with E-state index in [4.69, 9.17) is 4.74 Å². The summed E-state index contributed by atoms with van der Waals surface area (Å²) < 4.78 is 5.20. The van der Waals surface area contributed by atoms with Gasteiger partial charge in [0.2, 0.25) is 0 Å². The van der Waals surface area contributed by atoms with Gasteiger partial charge < -0.3 is 4.74 Å². The van der Waals surface area contributed by atoms with Crippen LogP contribution < -0.4 is 4.74 Å². The average molecular weight is 288 g/mol. The lowest BCUT2D eigenvalue weighted by atomic mass is 10.1. The van der Waals surface area contributed by atoms with Crippen LogP contribution in [-0.2, 0) is 6.42 Å². The second kappa shape index (κ2) is 5.84. The van der Waals surface area contributed by atoms with E-state index in [1.807, 2.05) is 13.0 Å². The Balaban J connectivity index is 3.02. The summed E-state index contributed by atoms with van der Waals surface area (Å²) in [6.07, 6.45) is 0.757. The third kappa shape index (κ3) is 3.48. The summed E-state index contributed by atoms with van der Waals surface area (Å²) in [7, 11) is 0. The van der Waals surface area contributed by atoms with E-state index in [9.17, 15) is 10.1 Å². The first-order valence-electron chi connectivity index (χ1n) is 5.08. The van der Waals surface area contributed by atoms with Crippen LogP contribution >= 0.6 is 15.9 Å². The first kappa shape index (κ1) is 13.0. The van der Waals surface area contributed by atoms with Crippen molar-refractivity contribution in [3.63, 3.8) is 0 Å². The van der Waals surface area contributed by atoms with Gasteiger partial charge in [0.25, 0.3) is 0 Å². The van der Waals surface area contributed by atoms with Gasteiger partial charge in [-0.2, -0.15) is 0 Å². The van der Waals surface area contributed by atoms with Crippen molar-refractivity contribution in [2.75, 3.05) is 6.61 Å². The zero-order chi connectivity index (χ0) is 12.1. The van der Waals surface area contributed by atoms with Crippen molar-refractivity contribution in [2.24, 2.45) is 0 Å². The van der Waals surface area contributed by atoms with Crippen LogP contribution in [0.3, 0.4) is 0 Å².